The van der Waals surface area contributed by atoms with E-state index in [-0.39, 0.29) is 23.3 Å². The van der Waals surface area contributed by atoms with E-state index < -0.39 is 6.04 Å². The third-order valence-electron chi connectivity index (χ3n) is 8.25. The molecule has 2 aliphatic rings. The summed E-state index contributed by atoms with van der Waals surface area (Å²) in [5.41, 5.74) is 3.59. The van der Waals surface area contributed by atoms with Crippen LogP contribution >= 0.6 is 11.3 Å². The molecule has 8 nitrogen and oxygen atoms in total. The van der Waals surface area contributed by atoms with Crippen LogP contribution in [-0.4, -0.2) is 65.8 Å². The van der Waals surface area contributed by atoms with E-state index in [4.69, 9.17) is 4.74 Å². The van der Waals surface area contributed by atoms with Gasteiger partial charge in [0.1, 0.15) is 17.5 Å². The molecule has 2 fully saturated rings. The molecule has 0 bridgehead atoms. The molecule has 0 spiro atoms. The Balaban J connectivity index is 1.31. The Morgan fingerprint density at radius 2 is 1.81 bits per heavy atom. The number of phenols is 1. The van der Waals surface area contributed by atoms with Crippen LogP contribution in [0, 0.1) is 0 Å². The van der Waals surface area contributed by atoms with Crippen LogP contribution in [0.3, 0.4) is 0 Å². The normalized spacial score (nSPS) is 17.2. The largest absolute Gasteiger partial charge is 0.508 e. The number of benzene rings is 3. The second kappa shape index (κ2) is 11.6. The van der Waals surface area contributed by atoms with Crippen molar-refractivity contribution in [3.63, 3.8) is 0 Å². The van der Waals surface area contributed by atoms with Crippen LogP contribution in [0.5, 0.6) is 11.5 Å². The van der Waals surface area contributed by atoms with E-state index in [1.54, 1.807) is 44.5 Å². The molecular formula is C33H33N3O5S. The van der Waals surface area contributed by atoms with Gasteiger partial charge < -0.3 is 20.1 Å². The predicted octanol–water partition coefficient (Wildman–Crippen LogP) is 5.67. The van der Waals surface area contributed by atoms with Gasteiger partial charge in [-0.2, -0.15) is 0 Å². The van der Waals surface area contributed by atoms with Crippen LogP contribution in [0.2, 0.25) is 0 Å². The van der Waals surface area contributed by atoms with Crippen molar-refractivity contribution in [1.82, 2.24) is 9.80 Å². The monoisotopic (exact) mass is 583 g/mol. The molecule has 2 N–H and O–H groups in total. The van der Waals surface area contributed by atoms with E-state index >= 15 is 0 Å². The van der Waals surface area contributed by atoms with Crippen LogP contribution < -0.4 is 10.1 Å². The van der Waals surface area contributed by atoms with Crippen molar-refractivity contribution in [3.8, 4) is 21.9 Å². The zero-order valence-corrected chi connectivity index (χ0v) is 24.5. The van der Waals surface area contributed by atoms with E-state index in [1.807, 2.05) is 30.3 Å². The van der Waals surface area contributed by atoms with E-state index in [0.29, 0.717) is 35.4 Å². The van der Waals surface area contributed by atoms with Gasteiger partial charge in [0.15, 0.2) is 5.78 Å². The third kappa shape index (κ3) is 5.37. The van der Waals surface area contributed by atoms with Gasteiger partial charge in [-0.1, -0.05) is 24.3 Å². The molecular weight excluding hydrogens is 550 g/mol. The summed E-state index contributed by atoms with van der Waals surface area (Å²) in [4.78, 5) is 43.4. The first-order valence-electron chi connectivity index (χ1n) is 14.2. The molecule has 0 aliphatic carbocycles. The van der Waals surface area contributed by atoms with Crippen LogP contribution in [0.4, 0.5) is 5.69 Å². The van der Waals surface area contributed by atoms with E-state index in [0.717, 1.165) is 45.7 Å². The van der Waals surface area contributed by atoms with Crippen molar-refractivity contribution in [2.24, 2.45) is 0 Å². The number of thiophene rings is 1. The number of amides is 2. The highest BCUT2D eigenvalue weighted by Gasteiger charge is 2.33. The molecule has 216 valence electrons. The Labute approximate surface area is 248 Å². The second-order valence-electron chi connectivity index (χ2n) is 11.0. The van der Waals surface area contributed by atoms with Crippen molar-refractivity contribution in [3.05, 3.63) is 77.4 Å². The molecule has 4 aromatic rings. The lowest BCUT2D eigenvalue weighted by Gasteiger charge is -2.19. The molecule has 1 atom stereocenters. The average Bonchev–Trinajstić information content (AvgIpc) is 3.72. The molecule has 1 aromatic heterocycles. The fourth-order valence-corrected chi connectivity index (χ4v) is 7.14. The number of fused-ring (bicyclic) bond motifs is 1. The number of carbonyl (C=O) groups is 3. The molecule has 0 saturated carbocycles. The number of ketones is 1. The van der Waals surface area contributed by atoms with Crippen molar-refractivity contribution in [1.29, 1.82) is 0 Å². The predicted molar refractivity (Wildman–Crippen MR) is 164 cm³/mol. The van der Waals surface area contributed by atoms with Gasteiger partial charge in [-0.25, -0.2) is 0 Å². The Kier molecular flexibility index (Phi) is 7.70. The molecule has 1 unspecified atom stereocenters. The molecule has 6 rings (SSSR count). The van der Waals surface area contributed by atoms with Gasteiger partial charge in [0, 0.05) is 57.4 Å². The number of nitrogens with one attached hydrogen (secondary N) is 1. The Hall–Kier alpha value is -4.21. The Bertz CT molecular complexity index is 1670. The number of phenolic OH excluding ortho intramolecular Hbond substituents is 1. The topological polar surface area (TPSA) is 99.2 Å². The standard InChI is InChI=1S/C33H33N3O5S/c1-35-26(13-14-29(35)38)33(40)34-23-9-7-20(8-10-23)32-30(25-12-11-24(37)18-28(25)42-32)31(39)21-5-6-22(27(17-21)41-2)19-36-15-3-4-16-36/h5-12,17-18,26,37H,3-4,13-16,19H2,1-2H3,(H,34,40). The second-order valence-corrected chi connectivity index (χ2v) is 12.0. The van der Waals surface area contributed by atoms with Gasteiger partial charge in [0.2, 0.25) is 11.8 Å². The SMILES string of the molecule is COc1cc(C(=O)c2c(-c3ccc(NC(=O)C4CCC(=O)N4C)cc3)sc3cc(O)ccc23)ccc1CN1CCCC1. The maximum absolute atomic E-state index is 14.1. The summed E-state index contributed by atoms with van der Waals surface area (Å²) < 4.78 is 6.51. The molecule has 3 aromatic carbocycles. The molecule has 2 saturated heterocycles. The Morgan fingerprint density at radius 3 is 2.50 bits per heavy atom. The van der Waals surface area contributed by atoms with Gasteiger partial charge in [-0.05, 0) is 74.3 Å². The first-order chi connectivity index (χ1) is 20.3. The van der Waals surface area contributed by atoms with Crippen LogP contribution in [0.1, 0.15) is 47.2 Å². The Morgan fingerprint density at radius 1 is 1.05 bits per heavy atom. The number of rotatable bonds is 8. The van der Waals surface area contributed by atoms with Gasteiger partial charge >= 0.3 is 0 Å². The average molecular weight is 584 g/mol. The summed E-state index contributed by atoms with van der Waals surface area (Å²) >= 11 is 1.44. The minimum absolute atomic E-state index is 0.0302. The lowest BCUT2D eigenvalue weighted by molar-refractivity contribution is -0.131. The minimum atomic E-state index is -0.476. The van der Waals surface area contributed by atoms with Crippen LogP contribution in [0.25, 0.3) is 20.5 Å². The first kappa shape index (κ1) is 27.9. The summed E-state index contributed by atoms with van der Waals surface area (Å²) in [7, 11) is 3.28. The van der Waals surface area contributed by atoms with Gasteiger partial charge in [0.05, 0.1) is 7.11 Å². The number of likely N-dealkylation sites (N-methyl/N-ethyl adjacent to an activating group) is 1. The lowest BCUT2D eigenvalue weighted by Crippen LogP contribution is -2.38. The number of aromatic hydroxyl groups is 1. The third-order valence-corrected chi connectivity index (χ3v) is 9.45. The lowest BCUT2D eigenvalue weighted by atomic mass is 9.96. The molecule has 0 radical (unpaired) electrons. The van der Waals surface area contributed by atoms with Crippen molar-refractivity contribution in [2.75, 3.05) is 32.6 Å². The smallest absolute Gasteiger partial charge is 0.247 e. The number of hydrogen-bond donors (Lipinski definition) is 2. The van der Waals surface area contributed by atoms with Gasteiger partial charge in [-0.15, -0.1) is 11.3 Å². The number of methoxy groups -OCH3 is 1. The number of carbonyl (C=O) groups excluding carboxylic acids is 3. The fourth-order valence-electron chi connectivity index (χ4n) is 5.90. The van der Waals surface area contributed by atoms with Crippen molar-refractivity contribution >= 4 is 44.7 Å². The quantitative estimate of drug-likeness (QED) is 0.260. The fraction of sp³-hybridized carbons (Fsp3) is 0.303. The molecule has 42 heavy (non-hydrogen) atoms. The first-order valence-corrected chi connectivity index (χ1v) is 15.0. The van der Waals surface area contributed by atoms with Crippen molar-refractivity contribution < 1.29 is 24.2 Å². The minimum Gasteiger partial charge on any atom is -0.508 e. The number of anilines is 1. The van der Waals surface area contributed by atoms with Gasteiger partial charge in [-0.3, -0.25) is 19.3 Å². The van der Waals surface area contributed by atoms with Crippen molar-refractivity contribution in [2.45, 2.75) is 38.3 Å². The summed E-state index contributed by atoms with van der Waals surface area (Å²) in [6.07, 6.45) is 3.28. The maximum atomic E-state index is 14.1. The van der Waals surface area contributed by atoms with E-state index in [1.165, 1.54) is 29.1 Å². The highest BCUT2D eigenvalue weighted by Crippen LogP contribution is 2.42. The van der Waals surface area contributed by atoms with Gasteiger partial charge in [0.25, 0.3) is 0 Å². The number of likely N-dealkylation sites (tertiary alicyclic amines) is 2. The summed E-state index contributed by atoms with van der Waals surface area (Å²) in [5, 5.41) is 13.8. The summed E-state index contributed by atoms with van der Waals surface area (Å²) in [6.45, 7) is 2.93. The highest BCUT2D eigenvalue weighted by molar-refractivity contribution is 7.22. The van der Waals surface area contributed by atoms with E-state index in [2.05, 4.69) is 10.2 Å². The summed E-state index contributed by atoms with van der Waals surface area (Å²) in [5.74, 6) is 0.458. The molecule has 9 heteroatoms. The number of hydrogen-bond acceptors (Lipinski definition) is 7. The number of nitrogens with zero attached hydrogens (tertiary/aromatic N) is 2. The zero-order chi connectivity index (χ0) is 29.4. The summed E-state index contributed by atoms with van der Waals surface area (Å²) in [6, 6.07) is 17.6. The van der Waals surface area contributed by atoms with Crippen LogP contribution in [0.15, 0.2) is 60.7 Å². The van der Waals surface area contributed by atoms with Crippen LogP contribution in [-0.2, 0) is 16.1 Å². The highest BCUT2D eigenvalue weighted by atomic mass is 32.1. The van der Waals surface area contributed by atoms with E-state index in [9.17, 15) is 19.5 Å². The molecule has 2 amide bonds. The maximum Gasteiger partial charge on any atom is 0.247 e. The molecule has 3 heterocycles. The number of ether oxygens (including phenoxy) is 1. The zero-order valence-electron chi connectivity index (χ0n) is 23.7. The molecule has 2 aliphatic heterocycles.